The first-order valence-electron chi connectivity index (χ1n) is 6.80. The summed E-state index contributed by atoms with van der Waals surface area (Å²) in [6.07, 6.45) is -1.26. The lowest BCUT2D eigenvalue weighted by Gasteiger charge is -2.14. The third kappa shape index (κ3) is 4.88. The smallest absolute Gasteiger partial charge is 0.433 e. The van der Waals surface area contributed by atoms with Gasteiger partial charge in [0.25, 0.3) is 0 Å². The van der Waals surface area contributed by atoms with Gasteiger partial charge in [0.05, 0.1) is 0 Å². The average Bonchev–Trinajstić information content (AvgIpc) is 2.37. The highest BCUT2D eigenvalue weighted by Gasteiger charge is 2.33. The van der Waals surface area contributed by atoms with Gasteiger partial charge in [0.15, 0.2) is 0 Å². The molecule has 0 bridgehead atoms. The van der Waals surface area contributed by atoms with E-state index in [0.29, 0.717) is 42.5 Å². The fraction of sp³-hybridized carbons (Fsp3) is 0.467. The topological polar surface area (TPSA) is 50.2 Å². The molecule has 0 spiro atoms. The number of carboxylic acid groups (broad SMARTS) is 1. The van der Waals surface area contributed by atoms with Crippen LogP contribution in [0.2, 0.25) is 0 Å². The molecule has 3 nitrogen and oxygen atoms in total. The quantitative estimate of drug-likeness (QED) is 0.796. The Morgan fingerprint density at radius 1 is 1.29 bits per heavy atom. The third-order valence-electron chi connectivity index (χ3n) is 2.91. The average molecular weight is 301 g/mol. The Kier molecular flexibility index (Phi) is 5.93. The second-order valence-corrected chi connectivity index (χ2v) is 4.70. The monoisotopic (exact) mass is 301 g/mol. The van der Waals surface area contributed by atoms with Gasteiger partial charge in [0.1, 0.15) is 5.69 Å². The number of aromatic nitrogens is 1. The molecule has 6 heteroatoms. The molecule has 0 fully saturated rings. The molecular weight excluding hydrogens is 283 g/mol. The molecule has 0 saturated carbocycles. The Balaban J connectivity index is 3.36. The van der Waals surface area contributed by atoms with Crippen LogP contribution in [0, 0.1) is 0 Å². The van der Waals surface area contributed by atoms with E-state index < -0.39 is 17.8 Å². The highest BCUT2D eigenvalue weighted by molar-refractivity contribution is 5.90. The SMILES string of the molecule is CCC/C(=C\C(=O)O)c1ccc(C(F)(F)F)nc1CCC. The van der Waals surface area contributed by atoms with E-state index in [1.54, 1.807) is 0 Å². The summed E-state index contributed by atoms with van der Waals surface area (Å²) in [4.78, 5) is 14.6. The van der Waals surface area contributed by atoms with Crippen molar-refractivity contribution in [1.82, 2.24) is 4.98 Å². The fourth-order valence-corrected chi connectivity index (χ4v) is 2.08. The van der Waals surface area contributed by atoms with Crippen LogP contribution in [0.25, 0.3) is 5.57 Å². The molecule has 0 aliphatic carbocycles. The number of halogens is 3. The van der Waals surface area contributed by atoms with Gasteiger partial charge in [0, 0.05) is 11.8 Å². The van der Waals surface area contributed by atoms with Crippen molar-refractivity contribution in [3.63, 3.8) is 0 Å². The molecular formula is C15H18F3NO2. The lowest BCUT2D eigenvalue weighted by Crippen LogP contribution is -2.11. The molecule has 0 amide bonds. The van der Waals surface area contributed by atoms with Crippen molar-refractivity contribution in [1.29, 1.82) is 0 Å². The molecule has 0 aromatic carbocycles. The van der Waals surface area contributed by atoms with Crippen molar-refractivity contribution in [3.05, 3.63) is 35.2 Å². The van der Waals surface area contributed by atoms with Crippen LogP contribution < -0.4 is 0 Å². The Hall–Kier alpha value is -1.85. The summed E-state index contributed by atoms with van der Waals surface area (Å²) in [5.41, 5.74) is 0.359. The number of carboxylic acids is 1. The standard InChI is InChI=1S/C15H18F3NO2/c1-3-5-10(9-14(20)21)11-7-8-13(15(16,17)18)19-12(11)6-4-2/h7-9H,3-6H2,1-2H3,(H,20,21)/b10-9+. The highest BCUT2D eigenvalue weighted by atomic mass is 19.4. The molecule has 0 radical (unpaired) electrons. The van der Waals surface area contributed by atoms with Crippen LogP contribution in [0.1, 0.15) is 50.1 Å². The minimum Gasteiger partial charge on any atom is -0.478 e. The van der Waals surface area contributed by atoms with E-state index in [2.05, 4.69) is 4.98 Å². The molecule has 1 rings (SSSR count). The van der Waals surface area contributed by atoms with Gasteiger partial charge < -0.3 is 5.11 Å². The van der Waals surface area contributed by atoms with Crippen molar-refractivity contribution < 1.29 is 23.1 Å². The summed E-state index contributed by atoms with van der Waals surface area (Å²) in [5.74, 6) is -1.11. The largest absolute Gasteiger partial charge is 0.478 e. The predicted molar refractivity (Wildman–Crippen MR) is 73.8 cm³/mol. The zero-order valence-electron chi connectivity index (χ0n) is 12.0. The molecule has 0 saturated heterocycles. The second-order valence-electron chi connectivity index (χ2n) is 4.70. The van der Waals surface area contributed by atoms with Crippen molar-refractivity contribution in [3.8, 4) is 0 Å². The molecule has 0 unspecified atom stereocenters. The number of hydrogen-bond acceptors (Lipinski definition) is 2. The van der Waals surface area contributed by atoms with E-state index >= 15 is 0 Å². The van der Waals surface area contributed by atoms with Gasteiger partial charge in [-0.25, -0.2) is 9.78 Å². The normalized spacial score (nSPS) is 12.5. The van der Waals surface area contributed by atoms with Crippen LogP contribution >= 0.6 is 0 Å². The first kappa shape index (κ1) is 17.2. The zero-order valence-corrected chi connectivity index (χ0v) is 12.0. The van der Waals surface area contributed by atoms with Gasteiger partial charge in [-0.05, 0) is 30.0 Å². The number of aryl methyl sites for hydroxylation is 1. The number of carbonyl (C=O) groups is 1. The number of rotatable bonds is 6. The maximum atomic E-state index is 12.7. The predicted octanol–water partition coefficient (Wildman–Crippen LogP) is 4.32. The zero-order chi connectivity index (χ0) is 16.0. The van der Waals surface area contributed by atoms with Crippen molar-refractivity contribution in [2.75, 3.05) is 0 Å². The molecule has 0 aliphatic heterocycles. The first-order chi connectivity index (χ1) is 9.79. The van der Waals surface area contributed by atoms with Crippen molar-refractivity contribution in [2.24, 2.45) is 0 Å². The first-order valence-corrected chi connectivity index (χ1v) is 6.80. The van der Waals surface area contributed by atoms with Crippen LogP contribution in [0.4, 0.5) is 13.2 Å². The Morgan fingerprint density at radius 2 is 1.95 bits per heavy atom. The minimum absolute atomic E-state index is 0.299. The number of aliphatic carboxylic acids is 1. The number of hydrogen-bond donors (Lipinski definition) is 1. The molecule has 1 N–H and O–H groups in total. The molecule has 21 heavy (non-hydrogen) atoms. The maximum Gasteiger partial charge on any atom is 0.433 e. The molecule has 1 aromatic rings. The fourth-order valence-electron chi connectivity index (χ4n) is 2.08. The van der Waals surface area contributed by atoms with Crippen molar-refractivity contribution >= 4 is 11.5 Å². The van der Waals surface area contributed by atoms with E-state index in [-0.39, 0.29) is 0 Å². The summed E-state index contributed by atoms with van der Waals surface area (Å²) in [6, 6.07) is 2.23. The van der Waals surface area contributed by atoms with Crippen LogP contribution in [0.5, 0.6) is 0 Å². The summed E-state index contributed by atoms with van der Waals surface area (Å²) in [5, 5.41) is 8.90. The number of allylic oxidation sites excluding steroid dienone is 1. The van der Waals surface area contributed by atoms with Crippen LogP contribution in [-0.4, -0.2) is 16.1 Å². The molecule has 0 aliphatic rings. The Labute approximate surface area is 121 Å². The number of nitrogens with zero attached hydrogens (tertiary/aromatic N) is 1. The van der Waals surface area contributed by atoms with Gasteiger partial charge in [-0.1, -0.05) is 32.8 Å². The highest BCUT2D eigenvalue weighted by Crippen LogP contribution is 2.31. The number of alkyl halides is 3. The Morgan fingerprint density at radius 3 is 2.43 bits per heavy atom. The lowest BCUT2D eigenvalue weighted by molar-refractivity contribution is -0.141. The van der Waals surface area contributed by atoms with Crippen molar-refractivity contribution in [2.45, 2.75) is 45.7 Å². The molecule has 116 valence electrons. The summed E-state index contributed by atoms with van der Waals surface area (Å²) in [7, 11) is 0. The van der Waals surface area contributed by atoms with E-state index in [1.807, 2.05) is 13.8 Å². The minimum atomic E-state index is -4.50. The maximum absolute atomic E-state index is 12.7. The second kappa shape index (κ2) is 7.24. The van der Waals surface area contributed by atoms with Gasteiger partial charge in [0.2, 0.25) is 0 Å². The Bertz CT molecular complexity index is 536. The number of pyridine rings is 1. The molecule has 0 atom stereocenters. The van der Waals surface area contributed by atoms with E-state index in [0.717, 1.165) is 12.1 Å². The van der Waals surface area contributed by atoms with E-state index in [9.17, 15) is 18.0 Å². The van der Waals surface area contributed by atoms with Gasteiger partial charge >= 0.3 is 12.1 Å². The van der Waals surface area contributed by atoms with Crippen LogP contribution in [-0.2, 0) is 17.4 Å². The molecule has 1 heterocycles. The van der Waals surface area contributed by atoms with Crippen LogP contribution in [0.15, 0.2) is 18.2 Å². The van der Waals surface area contributed by atoms with Crippen LogP contribution in [0.3, 0.4) is 0 Å². The van der Waals surface area contributed by atoms with E-state index in [1.165, 1.54) is 6.07 Å². The molecule has 1 aromatic heterocycles. The lowest BCUT2D eigenvalue weighted by atomic mass is 9.97. The summed E-state index contributed by atoms with van der Waals surface area (Å²) in [6.45, 7) is 3.72. The third-order valence-corrected chi connectivity index (χ3v) is 2.91. The van der Waals surface area contributed by atoms with Gasteiger partial charge in [-0.15, -0.1) is 0 Å². The summed E-state index contributed by atoms with van der Waals surface area (Å²) >= 11 is 0. The van der Waals surface area contributed by atoms with E-state index in [4.69, 9.17) is 5.11 Å². The van der Waals surface area contributed by atoms with Gasteiger partial charge in [-0.2, -0.15) is 13.2 Å². The summed E-state index contributed by atoms with van der Waals surface area (Å²) < 4.78 is 38.2. The van der Waals surface area contributed by atoms with Gasteiger partial charge in [-0.3, -0.25) is 0 Å².